The predicted molar refractivity (Wildman–Crippen MR) is 73.1 cm³/mol. The van der Waals surface area contributed by atoms with Gasteiger partial charge in [-0.25, -0.2) is 13.1 Å². The maximum Gasteiger partial charge on any atom is 0.304 e. The van der Waals surface area contributed by atoms with Crippen LogP contribution in [0.15, 0.2) is 23.1 Å². The molecular formula is C11H13Cl2NO4S. The van der Waals surface area contributed by atoms with E-state index in [1.165, 1.54) is 18.2 Å². The maximum atomic E-state index is 12.1. The third-order valence-corrected chi connectivity index (χ3v) is 4.94. The number of hydrogen-bond acceptors (Lipinski definition) is 3. The van der Waals surface area contributed by atoms with Crippen LogP contribution in [0.3, 0.4) is 0 Å². The molecule has 0 aliphatic heterocycles. The molecule has 0 spiro atoms. The van der Waals surface area contributed by atoms with Gasteiger partial charge in [-0.15, -0.1) is 0 Å². The van der Waals surface area contributed by atoms with E-state index >= 15 is 0 Å². The van der Waals surface area contributed by atoms with Crippen molar-refractivity contribution in [1.29, 1.82) is 0 Å². The summed E-state index contributed by atoms with van der Waals surface area (Å²) in [6.45, 7) is 1.69. The van der Waals surface area contributed by atoms with E-state index in [2.05, 4.69) is 4.72 Å². The first-order chi connectivity index (χ1) is 8.77. The van der Waals surface area contributed by atoms with Gasteiger partial charge in [0.1, 0.15) is 4.90 Å². The standard InChI is InChI=1S/C11H13Cl2NO4S/c1-2-7(6-10(15)16)14-19(17,18)9-5-3-4-8(12)11(9)13/h3-5,7,14H,2,6H2,1H3,(H,15,16). The Morgan fingerprint density at radius 1 is 1.42 bits per heavy atom. The average Bonchev–Trinajstić information content (AvgIpc) is 2.30. The van der Waals surface area contributed by atoms with E-state index < -0.39 is 22.0 Å². The molecule has 1 unspecified atom stereocenters. The minimum absolute atomic E-state index is 0.0816. The van der Waals surface area contributed by atoms with Crippen LogP contribution in [0.5, 0.6) is 0 Å². The zero-order valence-corrected chi connectivity index (χ0v) is 12.4. The molecular weight excluding hydrogens is 313 g/mol. The van der Waals surface area contributed by atoms with Crippen molar-refractivity contribution in [3.63, 3.8) is 0 Å². The molecule has 0 saturated carbocycles. The van der Waals surface area contributed by atoms with Crippen molar-refractivity contribution in [3.05, 3.63) is 28.2 Å². The van der Waals surface area contributed by atoms with Crippen LogP contribution in [0.4, 0.5) is 0 Å². The highest BCUT2D eigenvalue weighted by Gasteiger charge is 2.23. The summed E-state index contributed by atoms with van der Waals surface area (Å²) in [4.78, 5) is 10.5. The van der Waals surface area contributed by atoms with Crippen molar-refractivity contribution in [2.24, 2.45) is 0 Å². The second-order valence-electron chi connectivity index (χ2n) is 3.88. The summed E-state index contributed by atoms with van der Waals surface area (Å²) in [6, 6.07) is 3.54. The van der Waals surface area contributed by atoms with Crippen molar-refractivity contribution < 1.29 is 18.3 Å². The van der Waals surface area contributed by atoms with Gasteiger partial charge in [0.15, 0.2) is 0 Å². The van der Waals surface area contributed by atoms with E-state index in [4.69, 9.17) is 28.3 Å². The molecule has 0 amide bonds. The summed E-state index contributed by atoms with van der Waals surface area (Å²) in [5.74, 6) is -1.08. The zero-order chi connectivity index (χ0) is 14.6. The van der Waals surface area contributed by atoms with Crippen molar-refractivity contribution in [2.45, 2.75) is 30.7 Å². The average molecular weight is 326 g/mol. The van der Waals surface area contributed by atoms with Crippen molar-refractivity contribution >= 4 is 39.2 Å². The van der Waals surface area contributed by atoms with Crippen LogP contribution in [0.2, 0.25) is 10.0 Å². The van der Waals surface area contributed by atoms with Gasteiger partial charge in [-0.1, -0.05) is 36.2 Å². The Balaban J connectivity index is 3.04. The number of carbonyl (C=O) groups is 1. The quantitative estimate of drug-likeness (QED) is 0.841. The van der Waals surface area contributed by atoms with E-state index in [1.807, 2.05) is 0 Å². The number of rotatable bonds is 6. The molecule has 19 heavy (non-hydrogen) atoms. The predicted octanol–water partition coefficient (Wildman–Crippen LogP) is 2.53. The van der Waals surface area contributed by atoms with Gasteiger partial charge in [-0.05, 0) is 18.6 Å². The summed E-state index contributed by atoms with van der Waals surface area (Å²) in [6.07, 6.45) is 0.0532. The lowest BCUT2D eigenvalue weighted by molar-refractivity contribution is -0.137. The number of sulfonamides is 1. The first-order valence-corrected chi connectivity index (χ1v) is 7.70. The van der Waals surface area contributed by atoms with Crippen LogP contribution in [-0.2, 0) is 14.8 Å². The Bertz CT molecular complexity index is 574. The molecule has 2 N–H and O–H groups in total. The summed E-state index contributed by atoms with van der Waals surface area (Å²) in [5, 5.41) is 8.74. The Kier molecular flexibility index (Phi) is 5.61. The van der Waals surface area contributed by atoms with E-state index in [0.29, 0.717) is 6.42 Å². The first kappa shape index (κ1) is 16.2. The van der Waals surface area contributed by atoms with Crippen LogP contribution in [-0.4, -0.2) is 25.5 Å². The van der Waals surface area contributed by atoms with Gasteiger partial charge in [0.05, 0.1) is 16.5 Å². The van der Waals surface area contributed by atoms with Gasteiger partial charge in [-0.3, -0.25) is 4.79 Å². The van der Waals surface area contributed by atoms with Crippen molar-refractivity contribution in [1.82, 2.24) is 4.72 Å². The fraction of sp³-hybridized carbons (Fsp3) is 0.364. The fourth-order valence-electron chi connectivity index (χ4n) is 1.45. The lowest BCUT2D eigenvalue weighted by atomic mass is 10.2. The number of aliphatic carboxylic acids is 1. The van der Waals surface area contributed by atoms with Gasteiger partial charge in [0.25, 0.3) is 0 Å². The Hall–Kier alpha value is -0.820. The summed E-state index contributed by atoms with van der Waals surface area (Å²) >= 11 is 11.6. The highest BCUT2D eigenvalue weighted by molar-refractivity contribution is 7.89. The van der Waals surface area contributed by atoms with Crippen LogP contribution in [0.1, 0.15) is 19.8 Å². The molecule has 106 valence electrons. The molecule has 0 radical (unpaired) electrons. The minimum atomic E-state index is -3.90. The summed E-state index contributed by atoms with van der Waals surface area (Å²) in [7, 11) is -3.90. The molecule has 1 rings (SSSR count). The molecule has 0 aliphatic rings. The second-order valence-corrected chi connectivity index (χ2v) is 6.34. The summed E-state index contributed by atoms with van der Waals surface area (Å²) in [5.41, 5.74) is 0. The highest BCUT2D eigenvalue weighted by atomic mass is 35.5. The van der Waals surface area contributed by atoms with Crippen LogP contribution in [0, 0.1) is 0 Å². The fourth-order valence-corrected chi connectivity index (χ4v) is 3.54. The van der Waals surface area contributed by atoms with E-state index in [9.17, 15) is 13.2 Å². The highest BCUT2D eigenvalue weighted by Crippen LogP contribution is 2.29. The molecule has 0 aliphatic carbocycles. The van der Waals surface area contributed by atoms with Gasteiger partial charge in [0.2, 0.25) is 10.0 Å². The molecule has 5 nitrogen and oxygen atoms in total. The van der Waals surface area contributed by atoms with Crippen LogP contribution < -0.4 is 4.72 Å². The molecule has 0 bridgehead atoms. The van der Waals surface area contributed by atoms with E-state index in [0.717, 1.165) is 0 Å². The molecule has 1 aromatic carbocycles. The number of carboxylic acid groups (broad SMARTS) is 1. The topological polar surface area (TPSA) is 83.5 Å². The number of halogens is 2. The maximum absolute atomic E-state index is 12.1. The SMILES string of the molecule is CCC(CC(=O)O)NS(=O)(=O)c1cccc(Cl)c1Cl. The summed E-state index contributed by atoms with van der Waals surface area (Å²) < 4.78 is 26.5. The lowest BCUT2D eigenvalue weighted by Gasteiger charge is -2.16. The first-order valence-electron chi connectivity index (χ1n) is 5.46. The van der Waals surface area contributed by atoms with Crippen molar-refractivity contribution in [2.75, 3.05) is 0 Å². The van der Waals surface area contributed by atoms with Crippen LogP contribution in [0.25, 0.3) is 0 Å². The normalized spacial score (nSPS) is 13.2. The van der Waals surface area contributed by atoms with Gasteiger partial charge < -0.3 is 5.11 Å². The Morgan fingerprint density at radius 2 is 2.05 bits per heavy atom. The second kappa shape index (κ2) is 6.56. The van der Waals surface area contributed by atoms with E-state index in [1.54, 1.807) is 6.92 Å². The third kappa shape index (κ3) is 4.35. The molecule has 0 fully saturated rings. The largest absolute Gasteiger partial charge is 0.481 e. The molecule has 1 atom stereocenters. The molecule has 0 heterocycles. The minimum Gasteiger partial charge on any atom is -0.481 e. The monoisotopic (exact) mass is 325 g/mol. The van der Waals surface area contributed by atoms with Crippen LogP contribution >= 0.6 is 23.2 Å². The third-order valence-electron chi connectivity index (χ3n) is 2.44. The lowest BCUT2D eigenvalue weighted by Crippen LogP contribution is -2.36. The number of benzene rings is 1. The van der Waals surface area contributed by atoms with Crippen molar-refractivity contribution in [3.8, 4) is 0 Å². The van der Waals surface area contributed by atoms with E-state index in [-0.39, 0.29) is 21.4 Å². The molecule has 8 heteroatoms. The smallest absolute Gasteiger partial charge is 0.304 e. The van der Waals surface area contributed by atoms with Gasteiger partial charge in [-0.2, -0.15) is 0 Å². The Morgan fingerprint density at radius 3 is 2.58 bits per heavy atom. The molecule has 1 aromatic rings. The molecule has 0 aromatic heterocycles. The van der Waals surface area contributed by atoms with Gasteiger partial charge in [0, 0.05) is 6.04 Å². The zero-order valence-electron chi connectivity index (χ0n) is 10.1. The number of nitrogens with one attached hydrogen (secondary N) is 1. The molecule has 0 saturated heterocycles. The number of carboxylic acids is 1. The van der Waals surface area contributed by atoms with Gasteiger partial charge >= 0.3 is 5.97 Å². The Labute approximate surface area is 121 Å². The number of hydrogen-bond donors (Lipinski definition) is 2.